The average Bonchev–Trinajstić information content (AvgIpc) is 2.18. The molecule has 18 heavy (non-hydrogen) atoms. The third-order valence-corrected chi connectivity index (χ3v) is 5.55. The van der Waals surface area contributed by atoms with Gasteiger partial charge in [0.25, 0.3) is 0 Å². The highest BCUT2D eigenvalue weighted by Crippen LogP contribution is 2.64. The molecule has 1 aromatic rings. The Hall–Kier alpha value is -0.970. The monoisotopic (exact) mass is 273 g/mol. The van der Waals surface area contributed by atoms with E-state index in [1.165, 1.54) is 12.4 Å². The lowest BCUT2D eigenvalue weighted by atomic mass is 9.82. The van der Waals surface area contributed by atoms with Gasteiger partial charge in [-0.1, -0.05) is 27.7 Å². The van der Waals surface area contributed by atoms with Crippen molar-refractivity contribution in [2.24, 2.45) is 11.8 Å². The summed E-state index contributed by atoms with van der Waals surface area (Å²) in [6.45, 7) is 7.10. The standard InChI is InChI=1S/C11H20N3O3P/c1-7(2)11(8(3)4,18(15,16)17)9-5-14-10(12)6-13-9/h5-8H,1-4H3,(H2,12,14)(H2,15,16,17). The van der Waals surface area contributed by atoms with Crippen LogP contribution in [0.2, 0.25) is 0 Å². The van der Waals surface area contributed by atoms with Crippen molar-refractivity contribution in [1.82, 2.24) is 9.97 Å². The first kappa shape index (κ1) is 15.1. The average molecular weight is 273 g/mol. The van der Waals surface area contributed by atoms with Crippen LogP contribution in [0.4, 0.5) is 5.82 Å². The van der Waals surface area contributed by atoms with Gasteiger partial charge in [0.15, 0.2) is 0 Å². The van der Waals surface area contributed by atoms with Crippen molar-refractivity contribution in [3.8, 4) is 0 Å². The topological polar surface area (TPSA) is 109 Å². The lowest BCUT2D eigenvalue weighted by Crippen LogP contribution is -2.38. The summed E-state index contributed by atoms with van der Waals surface area (Å²) in [5, 5.41) is -1.34. The summed E-state index contributed by atoms with van der Waals surface area (Å²) in [6, 6.07) is 0. The molecule has 1 rings (SSSR count). The Morgan fingerprint density at radius 1 is 1.17 bits per heavy atom. The van der Waals surface area contributed by atoms with Crippen molar-refractivity contribution >= 4 is 13.4 Å². The van der Waals surface area contributed by atoms with Gasteiger partial charge in [0.1, 0.15) is 11.0 Å². The van der Waals surface area contributed by atoms with E-state index in [0.29, 0.717) is 0 Å². The van der Waals surface area contributed by atoms with Crippen LogP contribution < -0.4 is 5.73 Å². The van der Waals surface area contributed by atoms with Gasteiger partial charge >= 0.3 is 7.60 Å². The van der Waals surface area contributed by atoms with Crippen molar-refractivity contribution < 1.29 is 14.4 Å². The molecule has 0 aromatic carbocycles. The van der Waals surface area contributed by atoms with Crippen LogP contribution in [-0.2, 0) is 9.72 Å². The summed E-state index contributed by atoms with van der Waals surface area (Å²) in [6.07, 6.45) is 2.68. The molecule has 0 bridgehead atoms. The van der Waals surface area contributed by atoms with E-state index in [4.69, 9.17) is 5.73 Å². The third kappa shape index (κ3) is 2.28. The van der Waals surface area contributed by atoms with Gasteiger partial charge in [-0.25, -0.2) is 4.98 Å². The first-order valence-electron chi connectivity index (χ1n) is 5.77. The van der Waals surface area contributed by atoms with Gasteiger partial charge < -0.3 is 15.5 Å². The van der Waals surface area contributed by atoms with Crippen LogP contribution in [0, 0.1) is 11.8 Å². The molecular weight excluding hydrogens is 253 g/mol. The van der Waals surface area contributed by atoms with Crippen LogP contribution in [0.1, 0.15) is 33.4 Å². The summed E-state index contributed by atoms with van der Waals surface area (Å²) < 4.78 is 12.0. The van der Waals surface area contributed by atoms with Crippen LogP contribution in [0.5, 0.6) is 0 Å². The molecular formula is C11H20N3O3P. The smallest absolute Gasteiger partial charge is 0.338 e. The van der Waals surface area contributed by atoms with Gasteiger partial charge in [0, 0.05) is 0 Å². The molecule has 0 aliphatic rings. The molecule has 0 saturated carbocycles. The molecule has 102 valence electrons. The van der Waals surface area contributed by atoms with Gasteiger partial charge in [-0.05, 0) is 11.8 Å². The van der Waals surface area contributed by atoms with Crippen LogP contribution in [-0.4, -0.2) is 19.8 Å². The molecule has 1 heterocycles. The highest BCUT2D eigenvalue weighted by Gasteiger charge is 2.54. The number of anilines is 1. The lowest BCUT2D eigenvalue weighted by molar-refractivity contribution is 0.234. The van der Waals surface area contributed by atoms with E-state index in [1.807, 2.05) is 0 Å². The second kappa shape index (κ2) is 4.96. The normalized spacial score (nSPS) is 13.3. The molecule has 0 fully saturated rings. The van der Waals surface area contributed by atoms with E-state index >= 15 is 0 Å². The number of hydrogen-bond donors (Lipinski definition) is 3. The highest BCUT2D eigenvalue weighted by atomic mass is 31.2. The highest BCUT2D eigenvalue weighted by molar-refractivity contribution is 7.53. The molecule has 1 aromatic heterocycles. The molecule has 0 aliphatic carbocycles. The van der Waals surface area contributed by atoms with E-state index in [0.717, 1.165) is 0 Å². The summed E-state index contributed by atoms with van der Waals surface area (Å²) in [5.41, 5.74) is 5.75. The fourth-order valence-corrected chi connectivity index (χ4v) is 4.38. The van der Waals surface area contributed by atoms with Crippen molar-refractivity contribution in [3.63, 3.8) is 0 Å². The SMILES string of the molecule is CC(C)C(c1cnc(N)cn1)(C(C)C)P(=O)(O)O. The van der Waals surface area contributed by atoms with Gasteiger partial charge in [0.05, 0.1) is 18.1 Å². The van der Waals surface area contributed by atoms with Crippen LogP contribution in [0.25, 0.3) is 0 Å². The number of hydrogen-bond acceptors (Lipinski definition) is 4. The molecule has 0 atom stereocenters. The Morgan fingerprint density at radius 2 is 1.67 bits per heavy atom. The zero-order valence-electron chi connectivity index (χ0n) is 11.0. The minimum atomic E-state index is -4.40. The second-order valence-corrected chi connectivity index (χ2v) is 6.83. The zero-order valence-corrected chi connectivity index (χ0v) is 11.9. The quantitative estimate of drug-likeness (QED) is 0.721. The third-order valence-electron chi connectivity index (χ3n) is 3.32. The second-order valence-electron chi connectivity index (χ2n) is 5.01. The van der Waals surface area contributed by atoms with Crippen LogP contribution in [0.3, 0.4) is 0 Å². The molecule has 0 spiro atoms. The van der Waals surface area contributed by atoms with Crippen molar-refractivity contribution in [2.75, 3.05) is 5.73 Å². The Morgan fingerprint density at radius 3 is 1.94 bits per heavy atom. The molecule has 7 heteroatoms. The van der Waals surface area contributed by atoms with E-state index in [1.54, 1.807) is 27.7 Å². The molecule has 0 unspecified atom stereocenters. The van der Waals surface area contributed by atoms with E-state index in [-0.39, 0.29) is 23.3 Å². The fourth-order valence-electron chi connectivity index (χ4n) is 2.62. The molecule has 0 radical (unpaired) electrons. The molecule has 0 aliphatic heterocycles. The summed E-state index contributed by atoms with van der Waals surface area (Å²) in [4.78, 5) is 27.6. The van der Waals surface area contributed by atoms with Crippen molar-refractivity contribution in [3.05, 3.63) is 18.1 Å². The lowest BCUT2D eigenvalue weighted by Gasteiger charge is -2.40. The largest absolute Gasteiger partial charge is 0.382 e. The Bertz CT molecular complexity index is 445. The van der Waals surface area contributed by atoms with E-state index in [9.17, 15) is 14.4 Å². The van der Waals surface area contributed by atoms with Gasteiger partial charge in [0.2, 0.25) is 0 Å². The Kier molecular flexibility index (Phi) is 4.15. The summed E-state index contributed by atoms with van der Waals surface area (Å²) >= 11 is 0. The Labute approximate surface area is 107 Å². The van der Waals surface area contributed by atoms with Gasteiger partial charge in [-0.3, -0.25) is 9.55 Å². The number of nitrogens with two attached hydrogens (primary N) is 1. The maximum atomic E-state index is 12.0. The maximum Gasteiger partial charge on any atom is 0.338 e. The van der Waals surface area contributed by atoms with Crippen molar-refractivity contribution in [1.29, 1.82) is 0 Å². The molecule has 0 amide bonds. The number of nitrogens with zero attached hydrogens (tertiary/aromatic N) is 2. The molecule has 6 nitrogen and oxygen atoms in total. The van der Waals surface area contributed by atoms with Crippen LogP contribution in [0.15, 0.2) is 12.4 Å². The zero-order chi connectivity index (χ0) is 14.1. The Balaban J connectivity index is 3.55. The number of aromatic nitrogens is 2. The molecule has 4 N–H and O–H groups in total. The number of rotatable bonds is 4. The first-order chi connectivity index (χ1) is 8.14. The predicted octanol–water partition coefficient (Wildman–Crippen LogP) is 1.74. The molecule has 0 saturated heterocycles. The fraction of sp³-hybridized carbons (Fsp3) is 0.636. The minimum Gasteiger partial charge on any atom is -0.382 e. The summed E-state index contributed by atoms with van der Waals surface area (Å²) in [7, 11) is -4.40. The summed E-state index contributed by atoms with van der Waals surface area (Å²) in [5.74, 6) is -0.335. The predicted molar refractivity (Wildman–Crippen MR) is 69.8 cm³/mol. The van der Waals surface area contributed by atoms with Gasteiger partial charge in [-0.2, -0.15) is 0 Å². The van der Waals surface area contributed by atoms with Crippen molar-refractivity contribution in [2.45, 2.75) is 32.9 Å². The van der Waals surface area contributed by atoms with E-state index < -0.39 is 12.8 Å². The maximum absolute atomic E-state index is 12.0. The first-order valence-corrected chi connectivity index (χ1v) is 7.38. The van der Waals surface area contributed by atoms with E-state index in [2.05, 4.69) is 9.97 Å². The minimum absolute atomic E-state index is 0.228. The van der Waals surface area contributed by atoms with Gasteiger partial charge in [-0.15, -0.1) is 0 Å². The number of nitrogen functional groups attached to an aromatic ring is 1. The van der Waals surface area contributed by atoms with Crippen LogP contribution >= 0.6 is 7.60 Å².